The first kappa shape index (κ1) is 12.5. The molecule has 2 rings (SSSR count). The first-order valence-electron chi connectivity index (χ1n) is 5.53. The van der Waals surface area contributed by atoms with Crippen molar-refractivity contribution >= 4 is 28.1 Å². The van der Waals surface area contributed by atoms with Gasteiger partial charge in [-0.05, 0) is 25.5 Å². The summed E-state index contributed by atoms with van der Waals surface area (Å²) in [6, 6.07) is 3.14. The van der Waals surface area contributed by atoms with Crippen molar-refractivity contribution in [1.82, 2.24) is 9.97 Å². The lowest BCUT2D eigenvalue weighted by atomic mass is 10.3. The molecule has 6 heteroatoms. The topological polar surface area (TPSA) is 75.1 Å². The Morgan fingerprint density at radius 2 is 2.28 bits per heavy atom. The zero-order chi connectivity index (χ0) is 13.1. The van der Waals surface area contributed by atoms with Gasteiger partial charge in [-0.3, -0.25) is 0 Å². The third-order valence-corrected chi connectivity index (χ3v) is 3.39. The number of rotatable bonds is 4. The molecule has 0 unspecified atom stereocenters. The van der Waals surface area contributed by atoms with Crippen LogP contribution in [0.2, 0.25) is 0 Å². The van der Waals surface area contributed by atoms with Crippen LogP contribution in [0.15, 0.2) is 18.3 Å². The molecule has 0 atom stereocenters. The Kier molecular flexibility index (Phi) is 3.57. The summed E-state index contributed by atoms with van der Waals surface area (Å²) in [5.41, 5.74) is 1.85. The lowest BCUT2D eigenvalue weighted by Crippen LogP contribution is -2.00. The minimum atomic E-state index is -1.03. The van der Waals surface area contributed by atoms with Crippen molar-refractivity contribution in [3.05, 3.63) is 34.6 Å². The van der Waals surface area contributed by atoms with E-state index in [1.807, 2.05) is 6.92 Å². The quantitative estimate of drug-likeness (QED) is 0.887. The number of carbonyl (C=O) groups is 1. The normalized spacial score (nSPS) is 10.3. The average molecular weight is 263 g/mol. The van der Waals surface area contributed by atoms with Gasteiger partial charge in [-0.15, -0.1) is 11.3 Å². The Labute approximate surface area is 109 Å². The standard InChI is InChI=1S/C12H13N3O2S/c1-3-9-7(2)18-12(15-9)14-8-4-5-10(11(16)17)13-6-8/h4-6H,3H2,1-2H3,(H,14,15)(H,16,17). The number of carboxylic acid groups (broad SMARTS) is 1. The van der Waals surface area contributed by atoms with Crippen LogP contribution in [-0.4, -0.2) is 21.0 Å². The Hall–Kier alpha value is -1.95. The highest BCUT2D eigenvalue weighted by molar-refractivity contribution is 7.15. The molecule has 0 aliphatic carbocycles. The highest BCUT2D eigenvalue weighted by Crippen LogP contribution is 2.25. The number of thiazole rings is 1. The van der Waals surface area contributed by atoms with Crippen molar-refractivity contribution in [2.45, 2.75) is 20.3 Å². The molecule has 0 fully saturated rings. The van der Waals surface area contributed by atoms with Crippen molar-refractivity contribution in [3.8, 4) is 0 Å². The minimum Gasteiger partial charge on any atom is -0.477 e. The molecule has 0 saturated carbocycles. The second-order valence-corrected chi connectivity index (χ2v) is 4.94. The van der Waals surface area contributed by atoms with E-state index in [-0.39, 0.29) is 5.69 Å². The summed E-state index contributed by atoms with van der Waals surface area (Å²) in [6.07, 6.45) is 2.39. The summed E-state index contributed by atoms with van der Waals surface area (Å²) in [5, 5.41) is 12.7. The largest absolute Gasteiger partial charge is 0.477 e. The van der Waals surface area contributed by atoms with E-state index in [9.17, 15) is 4.79 Å². The second kappa shape index (κ2) is 5.14. The Balaban J connectivity index is 2.15. The molecular formula is C12H13N3O2S. The first-order valence-corrected chi connectivity index (χ1v) is 6.34. The lowest BCUT2D eigenvalue weighted by Gasteiger charge is -2.01. The molecule has 2 heterocycles. The van der Waals surface area contributed by atoms with E-state index in [1.54, 1.807) is 17.4 Å². The number of aromatic nitrogens is 2. The molecule has 0 aromatic carbocycles. The number of aromatic carboxylic acids is 1. The van der Waals surface area contributed by atoms with E-state index in [4.69, 9.17) is 5.11 Å². The fourth-order valence-electron chi connectivity index (χ4n) is 1.53. The molecule has 0 aliphatic rings. The number of carboxylic acids is 1. The van der Waals surface area contributed by atoms with Gasteiger partial charge in [0.15, 0.2) is 5.13 Å². The van der Waals surface area contributed by atoms with Crippen LogP contribution in [0.5, 0.6) is 0 Å². The van der Waals surface area contributed by atoms with E-state index in [0.29, 0.717) is 0 Å². The number of nitrogens with one attached hydrogen (secondary N) is 1. The van der Waals surface area contributed by atoms with Gasteiger partial charge < -0.3 is 10.4 Å². The SMILES string of the molecule is CCc1nc(Nc2ccc(C(=O)O)nc2)sc1C. The minimum absolute atomic E-state index is 0.0325. The number of anilines is 2. The maximum atomic E-state index is 10.7. The van der Waals surface area contributed by atoms with Crippen LogP contribution in [0.25, 0.3) is 0 Å². The van der Waals surface area contributed by atoms with Crippen molar-refractivity contribution < 1.29 is 9.90 Å². The Morgan fingerprint density at radius 1 is 1.50 bits per heavy atom. The van der Waals surface area contributed by atoms with Crippen molar-refractivity contribution in [2.24, 2.45) is 0 Å². The average Bonchev–Trinajstić information content (AvgIpc) is 2.70. The third kappa shape index (κ3) is 2.65. The zero-order valence-electron chi connectivity index (χ0n) is 10.1. The number of nitrogens with zero attached hydrogens (tertiary/aromatic N) is 2. The molecule has 94 valence electrons. The molecule has 0 bridgehead atoms. The van der Waals surface area contributed by atoms with Gasteiger partial charge in [-0.25, -0.2) is 14.8 Å². The van der Waals surface area contributed by atoms with Crippen molar-refractivity contribution in [2.75, 3.05) is 5.32 Å². The molecule has 0 aliphatic heterocycles. The van der Waals surface area contributed by atoms with E-state index >= 15 is 0 Å². The van der Waals surface area contributed by atoms with Crippen LogP contribution in [0.4, 0.5) is 10.8 Å². The van der Waals surface area contributed by atoms with E-state index < -0.39 is 5.97 Å². The van der Waals surface area contributed by atoms with Crippen LogP contribution in [0, 0.1) is 6.92 Å². The fourth-order valence-corrected chi connectivity index (χ4v) is 2.45. The van der Waals surface area contributed by atoms with Crippen LogP contribution in [0.3, 0.4) is 0 Å². The highest BCUT2D eigenvalue weighted by Gasteiger charge is 2.07. The summed E-state index contributed by atoms with van der Waals surface area (Å²) in [4.78, 5) is 20.1. The summed E-state index contributed by atoms with van der Waals surface area (Å²) >= 11 is 1.58. The van der Waals surface area contributed by atoms with Gasteiger partial charge in [0.1, 0.15) is 5.69 Å². The Bertz CT molecular complexity index is 563. The van der Waals surface area contributed by atoms with Crippen molar-refractivity contribution in [3.63, 3.8) is 0 Å². The molecule has 18 heavy (non-hydrogen) atoms. The number of aryl methyl sites for hydroxylation is 2. The van der Waals surface area contributed by atoms with Gasteiger partial charge in [0.25, 0.3) is 0 Å². The van der Waals surface area contributed by atoms with Gasteiger partial charge in [0, 0.05) is 4.88 Å². The molecule has 0 amide bonds. The summed E-state index contributed by atoms with van der Waals surface area (Å²) < 4.78 is 0. The summed E-state index contributed by atoms with van der Waals surface area (Å²) in [5.74, 6) is -1.03. The third-order valence-electron chi connectivity index (χ3n) is 2.46. The van der Waals surface area contributed by atoms with Crippen LogP contribution >= 0.6 is 11.3 Å². The molecule has 5 nitrogen and oxygen atoms in total. The number of pyridine rings is 1. The van der Waals surface area contributed by atoms with Gasteiger partial charge in [-0.2, -0.15) is 0 Å². The van der Waals surface area contributed by atoms with Crippen LogP contribution < -0.4 is 5.32 Å². The molecule has 0 radical (unpaired) electrons. The van der Waals surface area contributed by atoms with Crippen molar-refractivity contribution in [1.29, 1.82) is 0 Å². The smallest absolute Gasteiger partial charge is 0.354 e. The number of hydrogen-bond acceptors (Lipinski definition) is 5. The molecule has 2 aromatic rings. The molecular weight excluding hydrogens is 250 g/mol. The zero-order valence-corrected chi connectivity index (χ0v) is 10.9. The second-order valence-electron chi connectivity index (χ2n) is 3.74. The fraction of sp³-hybridized carbons (Fsp3) is 0.250. The van der Waals surface area contributed by atoms with Gasteiger partial charge >= 0.3 is 5.97 Å². The van der Waals surface area contributed by atoms with Gasteiger partial charge in [0.05, 0.1) is 17.6 Å². The molecule has 2 aromatic heterocycles. The molecule has 2 N–H and O–H groups in total. The first-order chi connectivity index (χ1) is 8.60. The van der Waals surface area contributed by atoms with Crippen LogP contribution in [0.1, 0.15) is 28.0 Å². The van der Waals surface area contributed by atoms with E-state index in [1.165, 1.54) is 17.1 Å². The van der Waals surface area contributed by atoms with Gasteiger partial charge in [0.2, 0.25) is 0 Å². The highest BCUT2D eigenvalue weighted by atomic mass is 32.1. The number of hydrogen-bond donors (Lipinski definition) is 2. The maximum Gasteiger partial charge on any atom is 0.354 e. The van der Waals surface area contributed by atoms with E-state index in [0.717, 1.165) is 22.9 Å². The van der Waals surface area contributed by atoms with Gasteiger partial charge in [-0.1, -0.05) is 6.92 Å². The maximum absolute atomic E-state index is 10.7. The summed E-state index contributed by atoms with van der Waals surface area (Å²) in [7, 11) is 0. The van der Waals surface area contributed by atoms with E-state index in [2.05, 4.69) is 22.2 Å². The Morgan fingerprint density at radius 3 is 2.78 bits per heavy atom. The predicted octanol–water partition coefficient (Wildman–Crippen LogP) is 2.85. The lowest BCUT2D eigenvalue weighted by molar-refractivity contribution is 0.0690. The van der Waals surface area contributed by atoms with Crippen LogP contribution in [-0.2, 0) is 6.42 Å². The predicted molar refractivity (Wildman–Crippen MR) is 70.7 cm³/mol. The molecule has 0 spiro atoms. The summed E-state index contributed by atoms with van der Waals surface area (Å²) in [6.45, 7) is 4.10. The molecule has 0 saturated heterocycles. The monoisotopic (exact) mass is 263 g/mol.